The molecule has 0 aliphatic carbocycles. The van der Waals surface area contributed by atoms with Gasteiger partial charge in [0.1, 0.15) is 47.7 Å². The van der Waals surface area contributed by atoms with Crippen molar-refractivity contribution in [3.8, 4) is 34.5 Å². The average Bonchev–Trinajstić information content (AvgIpc) is 3.47. The minimum Gasteiger partial charge on any atom is -0.507 e. The highest BCUT2D eigenvalue weighted by atomic mass is 16.5. The minimum absolute atomic E-state index is 0.152. The molecule has 0 unspecified atom stereocenters. The fourth-order valence-electron chi connectivity index (χ4n) is 10.8. The first-order valence-corrected chi connectivity index (χ1v) is 25.8. The van der Waals surface area contributed by atoms with Gasteiger partial charge in [0.25, 0.3) is 0 Å². The van der Waals surface area contributed by atoms with Crippen molar-refractivity contribution < 1.29 is 49.7 Å². The molecule has 8 rings (SSSR count). The molecular formula is C67H68O10. The molecule has 0 bridgehead atoms. The third-order valence-corrected chi connectivity index (χ3v) is 16.0. The van der Waals surface area contributed by atoms with E-state index in [1.807, 2.05) is 119 Å². The zero-order chi connectivity index (χ0) is 55.9. The highest BCUT2D eigenvalue weighted by Crippen LogP contribution is 2.48. The Bertz CT molecular complexity index is 3260. The van der Waals surface area contributed by atoms with Crippen LogP contribution in [0.5, 0.6) is 34.5 Å². The second-order valence-corrected chi connectivity index (χ2v) is 20.9. The van der Waals surface area contributed by atoms with Gasteiger partial charge in [-0.15, -0.1) is 0 Å². The predicted octanol–water partition coefficient (Wildman–Crippen LogP) is 14.7. The van der Waals surface area contributed by atoms with Crippen molar-refractivity contribution in [3.63, 3.8) is 0 Å². The van der Waals surface area contributed by atoms with Crippen molar-refractivity contribution in [1.82, 2.24) is 0 Å². The maximum Gasteiger partial charge on any atom is 0.335 e. The molecule has 77 heavy (non-hydrogen) atoms. The largest absolute Gasteiger partial charge is 0.507 e. The standard InChI is InChI=1S/C67H68O10/c1-34-25-52(38(5)42(9)62(34)68)60(53-26-35(2)63(69)43(10)39(53)6)56-30-48(17-23-58(56)76-32-46-13-19-50(20-14-46)66(72)73)29-49-18-24-59(77-33-47-15-21-51(22-16-47)67(74)75)57(31-49)61(54-27-36(3)64(70)44(11)40(54)7)55-28-37(4)65(71)45(12)41(55)8/h13-28,30-31,60-61,68-71H,29,32-33H2,1-12H3,(H,72,73)(H,74,75). The van der Waals surface area contributed by atoms with Crippen LogP contribution in [-0.4, -0.2) is 42.6 Å². The molecule has 0 heterocycles. The molecule has 0 saturated heterocycles. The molecule has 0 aliphatic rings. The number of hydrogen-bond acceptors (Lipinski definition) is 8. The third-order valence-electron chi connectivity index (χ3n) is 16.0. The van der Waals surface area contributed by atoms with Crippen molar-refractivity contribution in [3.05, 3.63) is 243 Å². The Morgan fingerprint density at radius 2 is 0.610 bits per heavy atom. The molecule has 0 aromatic heterocycles. The van der Waals surface area contributed by atoms with Crippen molar-refractivity contribution in [1.29, 1.82) is 0 Å². The number of phenols is 4. The molecule has 0 amide bonds. The summed E-state index contributed by atoms with van der Waals surface area (Å²) in [5.74, 6) is -0.781. The normalized spacial score (nSPS) is 11.4. The molecule has 0 spiro atoms. The van der Waals surface area contributed by atoms with Crippen LogP contribution >= 0.6 is 0 Å². The number of aryl methyl sites for hydroxylation is 4. The molecule has 0 fully saturated rings. The van der Waals surface area contributed by atoms with E-state index in [0.29, 0.717) is 17.9 Å². The first-order chi connectivity index (χ1) is 36.5. The molecular weight excluding hydrogens is 965 g/mol. The van der Waals surface area contributed by atoms with Crippen molar-refractivity contribution in [2.24, 2.45) is 0 Å². The lowest BCUT2D eigenvalue weighted by atomic mass is 9.77. The molecule has 0 radical (unpaired) electrons. The fourth-order valence-corrected chi connectivity index (χ4v) is 10.8. The summed E-state index contributed by atoms with van der Waals surface area (Å²) in [4.78, 5) is 23.5. The summed E-state index contributed by atoms with van der Waals surface area (Å²) in [6, 6.07) is 33.9. The van der Waals surface area contributed by atoms with Crippen molar-refractivity contribution >= 4 is 11.9 Å². The lowest BCUT2D eigenvalue weighted by molar-refractivity contribution is 0.0686. The first-order valence-electron chi connectivity index (χ1n) is 25.8. The molecule has 0 aliphatic heterocycles. The van der Waals surface area contributed by atoms with Crippen LogP contribution in [0.3, 0.4) is 0 Å². The van der Waals surface area contributed by atoms with E-state index < -0.39 is 23.8 Å². The number of carbonyl (C=O) groups is 2. The maximum absolute atomic E-state index is 11.7. The molecule has 396 valence electrons. The van der Waals surface area contributed by atoms with Crippen LogP contribution in [0.1, 0.15) is 155 Å². The molecule has 10 nitrogen and oxygen atoms in total. The van der Waals surface area contributed by atoms with Crippen molar-refractivity contribution in [2.75, 3.05) is 0 Å². The summed E-state index contributed by atoms with van der Waals surface area (Å²) in [6.45, 7) is 23.7. The lowest BCUT2D eigenvalue weighted by Crippen LogP contribution is -2.13. The quantitative estimate of drug-likeness (QED) is 0.0511. The van der Waals surface area contributed by atoms with Gasteiger partial charge in [-0.05, 0) is 237 Å². The van der Waals surface area contributed by atoms with Crippen LogP contribution in [0.25, 0.3) is 0 Å². The Labute approximate surface area is 451 Å². The zero-order valence-corrected chi connectivity index (χ0v) is 46.0. The van der Waals surface area contributed by atoms with Crippen LogP contribution in [0.4, 0.5) is 0 Å². The molecule has 10 heteroatoms. The summed E-state index contributed by atoms with van der Waals surface area (Å²) in [7, 11) is 0. The van der Waals surface area contributed by atoms with Gasteiger partial charge in [-0.3, -0.25) is 0 Å². The van der Waals surface area contributed by atoms with E-state index in [2.05, 4.69) is 24.3 Å². The summed E-state index contributed by atoms with van der Waals surface area (Å²) in [6.07, 6.45) is 0.464. The second kappa shape index (κ2) is 22.0. The molecule has 8 aromatic rings. The Balaban J connectivity index is 1.35. The van der Waals surface area contributed by atoms with Gasteiger partial charge < -0.3 is 40.1 Å². The van der Waals surface area contributed by atoms with Gasteiger partial charge in [-0.1, -0.05) is 72.8 Å². The predicted molar refractivity (Wildman–Crippen MR) is 302 cm³/mol. The topological polar surface area (TPSA) is 174 Å². The van der Waals surface area contributed by atoms with Gasteiger partial charge in [0.05, 0.1) is 11.1 Å². The third kappa shape index (κ3) is 10.8. The monoisotopic (exact) mass is 1030 g/mol. The Morgan fingerprint density at radius 1 is 0.351 bits per heavy atom. The fraction of sp³-hybridized carbons (Fsp3) is 0.254. The highest BCUT2D eigenvalue weighted by molar-refractivity contribution is 5.88. The molecule has 6 N–H and O–H groups in total. The zero-order valence-electron chi connectivity index (χ0n) is 46.0. The number of carboxylic acid groups (broad SMARTS) is 2. The Morgan fingerprint density at radius 3 is 0.870 bits per heavy atom. The van der Waals surface area contributed by atoms with E-state index in [-0.39, 0.29) is 47.3 Å². The van der Waals surface area contributed by atoms with Crippen molar-refractivity contribution in [2.45, 2.75) is 115 Å². The van der Waals surface area contributed by atoms with Crippen LogP contribution < -0.4 is 9.47 Å². The highest BCUT2D eigenvalue weighted by Gasteiger charge is 2.31. The van der Waals surface area contributed by atoms with Gasteiger partial charge in [0.15, 0.2) is 0 Å². The number of phenolic OH excluding ortho intramolecular Hbond substituents is 4. The van der Waals surface area contributed by atoms with Crippen LogP contribution in [0.15, 0.2) is 109 Å². The molecule has 8 aromatic carbocycles. The number of carboxylic acids is 2. The van der Waals surface area contributed by atoms with E-state index in [9.17, 15) is 40.2 Å². The minimum atomic E-state index is -1.01. The van der Waals surface area contributed by atoms with Gasteiger partial charge in [0, 0.05) is 23.0 Å². The van der Waals surface area contributed by atoms with E-state index >= 15 is 0 Å². The number of hydrogen-bond donors (Lipinski definition) is 6. The Hall–Kier alpha value is -8.50. The summed E-state index contributed by atoms with van der Waals surface area (Å²) in [5.41, 5.74) is 19.0. The van der Waals surface area contributed by atoms with E-state index in [0.717, 1.165) is 122 Å². The Kier molecular flexibility index (Phi) is 15.6. The van der Waals surface area contributed by atoms with E-state index in [4.69, 9.17) is 9.47 Å². The van der Waals surface area contributed by atoms with Crippen LogP contribution in [0, 0.1) is 83.1 Å². The number of ether oxygens (including phenoxy) is 2. The number of aromatic carboxylic acids is 2. The van der Waals surface area contributed by atoms with E-state index in [1.54, 1.807) is 48.5 Å². The van der Waals surface area contributed by atoms with Crippen LogP contribution in [-0.2, 0) is 19.6 Å². The molecule has 0 atom stereocenters. The van der Waals surface area contributed by atoms with Gasteiger partial charge >= 0.3 is 11.9 Å². The van der Waals surface area contributed by atoms with E-state index in [1.165, 1.54) is 0 Å². The summed E-state index contributed by atoms with van der Waals surface area (Å²) >= 11 is 0. The maximum atomic E-state index is 11.7. The second-order valence-electron chi connectivity index (χ2n) is 20.9. The lowest BCUT2D eigenvalue weighted by Gasteiger charge is -2.29. The summed E-state index contributed by atoms with van der Waals surface area (Å²) in [5, 5.41) is 64.2. The van der Waals surface area contributed by atoms with Gasteiger partial charge in [-0.2, -0.15) is 0 Å². The SMILES string of the molecule is Cc1cc(C(c2cc(Cc3ccc(OCc4ccc(C(=O)O)cc4)c(C(c4cc(C)c(O)c(C)c4C)c4cc(C)c(O)c(C)c4C)c3)ccc2OCc2ccc(C(=O)O)cc2)c2cc(C)c(O)c(C)c2C)c(C)c(C)c1O. The number of rotatable bonds is 16. The van der Waals surface area contributed by atoms with Crippen LogP contribution in [0.2, 0.25) is 0 Å². The van der Waals surface area contributed by atoms with Gasteiger partial charge in [-0.25, -0.2) is 9.59 Å². The first kappa shape index (κ1) is 54.8. The number of aromatic hydroxyl groups is 4. The summed E-state index contributed by atoms with van der Waals surface area (Å²) < 4.78 is 13.6. The smallest absolute Gasteiger partial charge is 0.335 e. The number of benzene rings is 8. The van der Waals surface area contributed by atoms with Gasteiger partial charge in [0.2, 0.25) is 0 Å². The molecule has 0 saturated carbocycles. The average molecular weight is 1030 g/mol.